The van der Waals surface area contributed by atoms with Crippen molar-refractivity contribution in [2.45, 2.75) is 43.2 Å². The van der Waals surface area contributed by atoms with E-state index in [-0.39, 0.29) is 0 Å². The molecule has 1 atom stereocenters. The van der Waals surface area contributed by atoms with Gasteiger partial charge in [-0.2, -0.15) is 5.26 Å². The lowest BCUT2D eigenvalue weighted by atomic mass is 9.96. The van der Waals surface area contributed by atoms with Crippen LogP contribution in [0.1, 0.15) is 26.7 Å². The first-order valence-electron chi connectivity index (χ1n) is 6.63. The maximum absolute atomic E-state index is 9.61. The minimum Gasteiger partial charge on any atom is -0.296 e. The maximum Gasteiger partial charge on any atom is 0.119 e. The van der Waals surface area contributed by atoms with Gasteiger partial charge in [-0.15, -0.1) is 11.8 Å². The Bertz CT molecular complexity index is 462. The van der Waals surface area contributed by atoms with Crippen LogP contribution in [0.4, 0.5) is 0 Å². The fourth-order valence-corrected chi connectivity index (χ4v) is 3.48. The molecule has 2 nitrogen and oxygen atoms in total. The van der Waals surface area contributed by atoms with Crippen LogP contribution in [-0.4, -0.2) is 17.3 Å². The molecule has 1 aliphatic rings. The average Bonchev–Trinajstić information content (AvgIpc) is 3.20. The molecule has 0 aromatic heterocycles. The molecule has 1 aliphatic carbocycles. The first-order chi connectivity index (χ1) is 9.05. The van der Waals surface area contributed by atoms with Gasteiger partial charge in [-0.25, -0.2) is 0 Å². The first-order valence-corrected chi connectivity index (χ1v) is 7.99. The summed E-state index contributed by atoms with van der Waals surface area (Å²) in [5.74, 6) is 1.29. The van der Waals surface area contributed by atoms with Crippen LogP contribution >= 0.6 is 23.4 Å². The number of halogens is 1. The summed E-state index contributed by atoms with van der Waals surface area (Å²) in [6.45, 7) is 4.20. The highest BCUT2D eigenvalue weighted by Crippen LogP contribution is 2.42. The molecule has 0 spiro atoms. The third kappa shape index (κ3) is 3.89. The number of nitriles is 1. The van der Waals surface area contributed by atoms with Crippen LogP contribution in [0.15, 0.2) is 29.2 Å². The van der Waals surface area contributed by atoms with Crippen molar-refractivity contribution in [1.82, 2.24) is 5.32 Å². The minimum atomic E-state index is -0.390. The third-order valence-electron chi connectivity index (χ3n) is 3.30. The molecule has 0 saturated heterocycles. The van der Waals surface area contributed by atoms with E-state index >= 15 is 0 Å². The normalized spacial score (nSPS) is 18.1. The van der Waals surface area contributed by atoms with Crippen LogP contribution in [0, 0.1) is 17.2 Å². The van der Waals surface area contributed by atoms with E-state index < -0.39 is 5.54 Å². The van der Waals surface area contributed by atoms with Crippen LogP contribution in [0.3, 0.4) is 0 Å². The van der Waals surface area contributed by atoms with Crippen molar-refractivity contribution in [3.63, 3.8) is 0 Å². The molecule has 4 heteroatoms. The summed E-state index contributed by atoms with van der Waals surface area (Å²) in [5.41, 5.74) is -0.390. The van der Waals surface area contributed by atoms with E-state index in [1.807, 2.05) is 24.3 Å². The van der Waals surface area contributed by atoms with Gasteiger partial charge in [0.25, 0.3) is 0 Å². The Hall–Kier alpha value is -0.690. The summed E-state index contributed by atoms with van der Waals surface area (Å²) < 4.78 is 0. The number of benzene rings is 1. The molecule has 19 heavy (non-hydrogen) atoms. The number of hydrogen-bond acceptors (Lipinski definition) is 3. The van der Waals surface area contributed by atoms with Gasteiger partial charge in [0.15, 0.2) is 0 Å². The molecule has 0 heterocycles. The fraction of sp³-hybridized carbons (Fsp3) is 0.533. The van der Waals surface area contributed by atoms with Gasteiger partial charge in [0.05, 0.1) is 6.07 Å². The zero-order chi connectivity index (χ0) is 13.9. The Morgan fingerprint density at radius 3 is 2.53 bits per heavy atom. The summed E-state index contributed by atoms with van der Waals surface area (Å²) in [7, 11) is 0. The number of thioether (sulfide) groups is 1. The van der Waals surface area contributed by atoms with Crippen LogP contribution < -0.4 is 5.32 Å². The second-order valence-corrected chi connectivity index (χ2v) is 6.88. The Morgan fingerprint density at radius 1 is 1.42 bits per heavy atom. The molecule has 0 radical (unpaired) electrons. The summed E-state index contributed by atoms with van der Waals surface area (Å²) in [6.07, 6.45) is 2.32. The molecule has 1 aromatic carbocycles. The van der Waals surface area contributed by atoms with Gasteiger partial charge in [-0.1, -0.05) is 11.6 Å². The monoisotopic (exact) mass is 294 g/mol. The maximum atomic E-state index is 9.61. The topological polar surface area (TPSA) is 35.8 Å². The van der Waals surface area contributed by atoms with Crippen LogP contribution in [-0.2, 0) is 0 Å². The Balaban J connectivity index is 2.04. The van der Waals surface area contributed by atoms with E-state index in [4.69, 9.17) is 11.6 Å². The van der Waals surface area contributed by atoms with E-state index in [1.165, 1.54) is 0 Å². The molecule has 2 rings (SSSR count). The lowest BCUT2D eigenvalue weighted by Crippen LogP contribution is -2.51. The molecule has 1 unspecified atom stereocenters. The molecule has 1 fully saturated rings. The zero-order valence-corrected chi connectivity index (χ0v) is 12.9. The Kier molecular flexibility index (Phi) is 4.78. The lowest BCUT2D eigenvalue weighted by molar-refractivity contribution is 0.370. The van der Waals surface area contributed by atoms with Gasteiger partial charge >= 0.3 is 0 Å². The standard InChI is InChI=1S/C15H19ClN2S/c1-11(2)18-15(9-17,12-3-4-12)10-19-14-7-5-13(16)6-8-14/h5-8,11-12,18H,3-4,10H2,1-2H3. The SMILES string of the molecule is CC(C)NC(C#N)(CSc1ccc(Cl)cc1)C1CC1. The van der Waals surface area contributed by atoms with Crippen molar-refractivity contribution < 1.29 is 0 Å². The largest absolute Gasteiger partial charge is 0.296 e. The second kappa shape index (κ2) is 6.17. The van der Waals surface area contributed by atoms with Gasteiger partial charge in [0, 0.05) is 21.7 Å². The van der Waals surface area contributed by atoms with E-state index in [9.17, 15) is 5.26 Å². The minimum absolute atomic E-state index is 0.325. The molecular formula is C15H19ClN2S. The number of hydrogen-bond donors (Lipinski definition) is 1. The van der Waals surface area contributed by atoms with Crippen molar-refractivity contribution in [2.24, 2.45) is 5.92 Å². The average molecular weight is 295 g/mol. The highest BCUT2D eigenvalue weighted by atomic mass is 35.5. The lowest BCUT2D eigenvalue weighted by Gasteiger charge is -2.30. The van der Waals surface area contributed by atoms with Crippen molar-refractivity contribution >= 4 is 23.4 Å². The van der Waals surface area contributed by atoms with E-state index in [1.54, 1.807) is 11.8 Å². The van der Waals surface area contributed by atoms with Gasteiger partial charge in [-0.05, 0) is 56.9 Å². The highest BCUT2D eigenvalue weighted by molar-refractivity contribution is 7.99. The second-order valence-electron chi connectivity index (χ2n) is 5.40. The predicted molar refractivity (Wildman–Crippen MR) is 81.5 cm³/mol. The van der Waals surface area contributed by atoms with Crippen molar-refractivity contribution in [3.05, 3.63) is 29.3 Å². The highest BCUT2D eigenvalue weighted by Gasteiger charge is 2.45. The van der Waals surface area contributed by atoms with Crippen molar-refractivity contribution in [2.75, 3.05) is 5.75 Å². The quantitative estimate of drug-likeness (QED) is 0.802. The summed E-state index contributed by atoms with van der Waals surface area (Å²) in [4.78, 5) is 1.16. The first kappa shape index (κ1) is 14.7. The molecule has 1 N–H and O–H groups in total. The number of nitrogens with one attached hydrogen (secondary N) is 1. The summed E-state index contributed by atoms with van der Waals surface area (Å²) in [6, 6.07) is 10.7. The van der Waals surface area contributed by atoms with E-state index in [0.29, 0.717) is 12.0 Å². The molecular weight excluding hydrogens is 276 g/mol. The fourth-order valence-electron chi connectivity index (χ4n) is 2.25. The zero-order valence-electron chi connectivity index (χ0n) is 11.3. The number of nitrogens with zero attached hydrogens (tertiary/aromatic N) is 1. The molecule has 1 saturated carbocycles. The van der Waals surface area contributed by atoms with Crippen LogP contribution in [0.2, 0.25) is 5.02 Å². The van der Waals surface area contributed by atoms with Gasteiger partial charge in [0.2, 0.25) is 0 Å². The third-order valence-corrected chi connectivity index (χ3v) is 4.76. The van der Waals surface area contributed by atoms with E-state index in [2.05, 4.69) is 25.2 Å². The molecule has 102 valence electrons. The molecule has 1 aromatic rings. The molecule has 0 aliphatic heterocycles. The van der Waals surface area contributed by atoms with Crippen LogP contribution in [0.5, 0.6) is 0 Å². The summed E-state index contributed by atoms with van der Waals surface area (Å²) in [5, 5.41) is 13.8. The molecule has 0 amide bonds. The Labute approximate surface area is 124 Å². The summed E-state index contributed by atoms with van der Waals surface area (Å²) >= 11 is 7.61. The predicted octanol–water partition coefficient (Wildman–Crippen LogP) is 4.10. The van der Waals surface area contributed by atoms with Gasteiger partial charge in [-0.3, -0.25) is 5.32 Å². The van der Waals surface area contributed by atoms with Crippen LogP contribution in [0.25, 0.3) is 0 Å². The Morgan fingerprint density at radius 2 is 2.05 bits per heavy atom. The van der Waals surface area contributed by atoms with Gasteiger partial charge < -0.3 is 0 Å². The van der Waals surface area contributed by atoms with Crippen molar-refractivity contribution in [3.8, 4) is 6.07 Å². The number of rotatable bonds is 6. The smallest absolute Gasteiger partial charge is 0.119 e. The van der Waals surface area contributed by atoms with E-state index in [0.717, 1.165) is 28.5 Å². The molecule has 0 bridgehead atoms. The van der Waals surface area contributed by atoms with Crippen molar-refractivity contribution in [1.29, 1.82) is 5.26 Å². The van der Waals surface area contributed by atoms with Gasteiger partial charge in [0.1, 0.15) is 5.54 Å².